The molecule has 0 unspecified atom stereocenters. The highest BCUT2D eigenvalue weighted by Crippen LogP contribution is 2.19. The van der Waals surface area contributed by atoms with Gasteiger partial charge in [0.15, 0.2) is 0 Å². The first-order valence-electron chi connectivity index (χ1n) is 6.18. The topological polar surface area (TPSA) is 17.8 Å². The second-order valence-electron chi connectivity index (χ2n) is 4.48. The SMILES string of the molecule is Fc1ccc(Cn2ccnc2Cc2cccs2)cc1Br. The molecule has 0 atom stereocenters. The summed E-state index contributed by atoms with van der Waals surface area (Å²) in [5, 5.41) is 2.07. The van der Waals surface area contributed by atoms with Crippen molar-refractivity contribution in [3.05, 3.63) is 74.7 Å². The molecule has 0 radical (unpaired) electrons. The second kappa shape index (κ2) is 5.89. The van der Waals surface area contributed by atoms with E-state index < -0.39 is 0 Å². The van der Waals surface area contributed by atoms with Gasteiger partial charge in [0, 0.05) is 30.2 Å². The van der Waals surface area contributed by atoms with Crippen molar-refractivity contribution in [3.8, 4) is 0 Å². The largest absolute Gasteiger partial charge is 0.330 e. The summed E-state index contributed by atoms with van der Waals surface area (Å²) in [6.07, 6.45) is 4.59. The van der Waals surface area contributed by atoms with E-state index in [1.807, 2.05) is 24.5 Å². The average molecular weight is 351 g/mol. The third kappa shape index (κ3) is 2.99. The molecule has 0 N–H and O–H groups in total. The molecule has 0 fully saturated rings. The molecule has 20 heavy (non-hydrogen) atoms. The summed E-state index contributed by atoms with van der Waals surface area (Å²) in [5.74, 6) is 0.783. The van der Waals surface area contributed by atoms with Gasteiger partial charge in [-0.2, -0.15) is 0 Å². The summed E-state index contributed by atoms with van der Waals surface area (Å²) in [6.45, 7) is 0.694. The average Bonchev–Trinajstić information content (AvgIpc) is 3.07. The van der Waals surface area contributed by atoms with Gasteiger partial charge in [-0.1, -0.05) is 12.1 Å². The van der Waals surface area contributed by atoms with Crippen LogP contribution in [0.25, 0.3) is 0 Å². The van der Waals surface area contributed by atoms with Gasteiger partial charge in [0.1, 0.15) is 11.6 Å². The zero-order chi connectivity index (χ0) is 13.9. The lowest BCUT2D eigenvalue weighted by Gasteiger charge is -2.08. The molecule has 0 saturated carbocycles. The first kappa shape index (κ1) is 13.5. The molecule has 0 amide bonds. The van der Waals surface area contributed by atoms with Crippen LogP contribution in [0, 0.1) is 5.82 Å². The Hall–Kier alpha value is -1.46. The zero-order valence-corrected chi connectivity index (χ0v) is 13.0. The third-order valence-corrected chi connectivity index (χ3v) is 4.54. The highest BCUT2D eigenvalue weighted by Gasteiger charge is 2.07. The van der Waals surface area contributed by atoms with Crippen LogP contribution in [0.4, 0.5) is 4.39 Å². The van der Waals surface area contributed by atoms with Crippen molar-refractivity contribution in [1.29, 1.82) is 0 Å². The van der Waals surface area contributed by atoms with Crippen LogP contribution in [0.2, 0.25) is 0 Å². The molecule has 3 aromatic rings. The Bertz CT molecular complexity index is 706. The van der Waals surface area contributed by atoms with E-state index in [9.17, 15) is 4.39 Å². The lowest BCUT2D eigenvalue weighted by Crippen LogP contribution is -2.04. The summed E-state index contributed by atoms with van der Waals surface area (Å²) in [7, 11) is 0. The lowest BCUT2D eigenvalue weighted by molar-refractivity contribution is 0.619. The Balaban J connectivity index is 1.81. The number of hydrogen-bond donors (Lipinski definition) is 0. The number of hydrogen-bond acceptors (Lipinski definition) is 2. The predicted octanol–water partition coefficient (Wildman–Crippen LogP) is 4.49. The minimum absolute atomic E-state index is 0.238. The van der Waals surface area contributed by atoms with Crippen molar-refractivity contribution in [2.75, 3.05) is 0 Å². The Morgan fingerprint density at radius 3 is 2.95 bits per heavy atom. The van der Waals surface area contributed by atoms with E-state index in [-0.39, 0.29) is 5.82 Å². The van der Waals surface area contributed by atoms with Crippen LogP contribution in [-0.4, -0.2) is 9.55 Å². The van der Waals surface area contributed by atoms with Crippen LogP contribution in [0.1, 0.15) is 16.3 Å². The van der Waals surface area contributed by atoms with Crippen LogP contribution in [-0.2, 0) is 13.0 Å². The van der Waals surface area contributed by atoms with Crippen molar-refractivity contribution in [2.24, 2.45) is 0 Å². The molecule has 5 heteroatoms. The standard InChI is InChI=1S/C15H12BrFN2S/c16-13-8-11(3-4-14(13)17)10-19-6-5-18-15(19)9-12-2-1-7-20-12/h1-8H,9-10H2. The molecule has 1 aromatic carbocycles. The molecule has 3 rings (SSSR count). The van der Waals surface area contributed by atoms with Crippen LogP contribution < -0.4 is 0 Å². The van der Waals surface area contributed by atoms with Crippen LogP contribution in [0.15, 0.2) is 52.6 Å². The zero-order valence-electron chi connectivity index (χ0n) is 10.6. The smallest absolute Gasteiger partial charge is 0.137 e. The summed E-state index contributed by atoms with van der Waals surface area (Å²) >= 11 is 4.95. The number of halogens is 2. The number of aromatic nitrogens is 2. The lowest BCUT2D eigenvalue weighted by atomic mass is 10.2. The highest BCUT2D eigenvalue weighted by atomic mass is 79.9. The van der Waals surface area contributed by atoms with Gasteiger partial charge in [0.05, 0.1) is 4.47 Å². The number of thiophene rings is 1. The Morgan fingerprint density at radius 1 is 1.30 bits per heavy atom. The van der Waals surface area contributed by atoms with E-state index in [4.69, 9.17) is 0 Å². The van der Waals surface area contributed by atoms with Gasteiger partial charge in [-0.05, 0) is 45.1 Å². The van der Waals surface area contributed by atoms with E-state index in [1.54, 1.807) is 17.4 Å². The number of imidazole rings is 1. The van der Waals surface area contributed by atoms with Crippen molar-refractivity contribution in [3.63, 3.8) is 0 Å². The molecule has 0 saturated heterocycles. The quantitative estimate of drug-likeness (QED) is 0.677. The maximum absolute atomic E-state index is 13.2. The van der Waals surface area contributed by atoms with Gasteiger partial charge < -0.3 is 4.57 Å². The van der Waals surface area contributed by atoms with E-state index >= 15 is 0 Å². The van der Waals surface area contributed by atoms with E-state index in [0.717, 1.165) is 17.8 Å². The Morgan fingerprint density at radius 2 is 2.20 bits per heavy atom. The van der Waals surface area contributed by atoms with Gasteiger partial charge in [0.25, 0.3) is 0 Å². The number of benzene rings is 1. The highest BCUT2D eigenvalue weighted by molar-refractivity contribution is 9.10. The predicted molar refractivity (Wildman–Crippen MR) is 82.6 cm³/mol. The molecule has 2 nitrogen and oxygen atoms in total. The molecule has 2 heterocycles. The Labute approximate surface area is 129 Å². The molecule has 0 spiro atoms. The Kier molecular flexibility index (Phi) is 3.98. The van der Waals surface area contributed by atoms with Crippen molar-refractivity contribution < 1.29 is 4.39 Å². The number of rotatable bonds is 4. The minimum atomic E-state index is -0.238. The number of nitrogens with zero attached hydrogens (tertiary/aromatic N) is 2. The fourth-order valence-electron chi connectivity index (χ4n) is 2.05. The van der Waals surface area contributed by atoms with Crippen LogP contribution in [0.3, 0.4) is 0 Å². The second-order valence-corrected chi connectivity index (χ2v) is 6.36. The first-order chi connectivity index (χ1) is 9.72. The summed E-state index contributed by atoms with van der Waals surface area (Å²) < 4.78 is 15.8. The van der Waals surface area contributed by atoms with Crippen LogP contribution in [0.5, 0.6) is 0 Å². The fraction of sp³-hybridized carbons (Fsp3) is 0.133. The third-order valence-electron chi connectivity index (χ3n) is 3.05. The van der Waals surface area contributed by atoms with Crippen molar-refractivity contribution in [1.82, 2.24) is 9.55 Å². The molecule has 0 bridgehead atoms. The van der Waals surface area contributed by atoms with Crippen molar-refractivity contribution >= 4 is 27.3 Å². The van der Waals surface area contributed by atoms with Crippen molar-refractivity contribution in [2.45, 2.75) is 13.0 Å². The minimum Gasteiger partial charge on any atom is -0.330 e. The van der Waals surface area contributed by atoms with Crippen LogP contribution >= 0.6 is 27.3 Å². The monoisotopic (exact) mass is 350 g/mol. The normalized spacial score (nSPS) is 10.9. The van der Waals surface area contributed by atoms with E-state index in [0.29, 0.717) is 11.0 Å². The van der Waals surface area contributed by atoms with E-state index in [2.05, 4.69) is 36.9 Å². The van der Waals surface area contributed by atoms with Gasteiger partial charge in [-0.15, -0.1) is 11.3 Å². The van der Waals surface area contributed by atoms with Gasteiger partial charge in [0.2, 0.25) is 0 Å². The molecular formula is C15H12BrFN2S. The van der Waals surface area contributed by atoms with Gasteiger partial charge in [-0.25, -0.2) is 9.37 Å². The fourth-order valence-corrected chi connectivity index (χ4v) is 3.18. The molecule has 0 aliphatic heterocycles. The van der Waals surface area contributed by atoms with E-state index in [1.165, 1.54) is 10.9 Å². The summed E-state index contributed by atoms with van der Waals surface area (Å²) in [4.78, 5) is 5.70. The summed E-state index contributed by atoms with van der Waals surface area (Å²) in [6, 6.07) is 9.25. The molecule has 0 aliphatic carbocycles. The van der Waals surface area contributed by atoms with Gasteiger partial charge >= 0.3 is 0 Å². The maximum atomic E-state index is 13.2. The maximum Gasteiger partial charge on any atom is 0.137 e. The molecule has 2 aromatic heterocycles. The molecule has 0 aliphatic rings. The first-order valence-corrected chi connectivity index (χ1v) is 7.86. The van der Waals surface area contributed by atoms with Gasteiger partial charge in [-0.3, -0.25) is 0 Å². The summed E-state index contributed by atoms with van der Waals surface area (Å²) in [5.41, 5.74) is 1.05. The molecular weight excluding hydrogens is 339 g/mol. The molecule has 102 valence electrons.